The second-order valence-corrected chi connectivity index (χ2v) is 12.4. The van der Waals surface area contributed by atoms with Gasteiger partial charge in [-0.25, -0.2) is 13.2 Å². The summed E-state index contributed by atoms with van der Waals surface area (Å²) in [4.78, 5) is 30.6. The maximum absolute atomic E-state index is 14.6. The van der Waals surface area contributed by atoms with Crippen molar-refractivity contribution < 1.29 is 17.9 Å². The molecule has 0 spiro atoms. The van der Waals surface area contributed by atoms with Gasteiger partial charge in [0.1, 0.15) is 11.8 Å². The first-order valence-corrected chi connectivity index (χ1v) is 15.4. The molecule has 2 atom stereocenters. The van der Waals surface area contributed by atoms with Gasteiger partial charge in [-0.1, -0.05) is 72.3 Å². The summed E-state index contributed by atoms with van der Waals surface area (Å²) in [7, 11) is -2.89. The van der Waals surface area contributed by atoms with Crippen LogP contribution in [0.2, 0.25) is 5.02 Å². The van der Waals surface area contributed by atoms with Gasteiger partial charge < -0.3 is 9.64 Å². The molecule has 1 aromatic heterocycles. The number of fused-ring (bicyclic) bond motifs is 1. The molecule has 1 saturated heterocycles. The molecule has 2 heterocycles. The lowest BCUT2D eigenvalue weighted by atomic mass is 10.0. The summed E-state index contributed by atoms with van der Waals surface area (Å²) in [5, 5.41) is 0.304. The quantitative estimate of drug-likeness (QED) is 0.240. The van der Waals surface area contributed by atoms with Crippen LogP contribution in [0.1, 0.15) is 36.1 Å². The first-order valence-electron chi connectivity index (χ1n) is 13.5. The minimum atomic E-state index is -4.37. The van der Waals surface area contributed by atoms with E-state index in [1.54, 1.807) is 29.2 Å². The Hall–Kier alpha value is -4.34. The van der Waals surface area contributed by atoms with Crippen LogP contribution in [-0.2, 0) is 14.8 Å². The van der Waals surface area contributed by atoms with Crippen LogP contribution >= 0.6 is 11.6 Å². The highest BCUT2D eigenvalue weighted by molar-refractivity contribution is 7.90. The highest BCUT2D eigenvalue weighted by Gasteiger charge is 2.38. The zero-order valence-electron chi connectivity index (χ0n) is 22.8. The minimum Gasteiger partial charge on any atom is -0.497 e. The Morgan fingerprint density at radius 3 is 2.24 bits per heavy atom. The summed E-state index contributed by atoms with van der Waals surface area (Å²) < 4.78 is 35.1. The molecule has 6 rings (SSSR count). The van der Waals surface area contributed by atoms with Gasteiger partial charge >= 0.3 is 5.69 Å². The molecule has 0 radical (unpaired) electrons. The summed E-state index contributed by atoms with van der Waals surface area (Å²) >= 11 is 6.39. The van der Waals surface area contributed by atoms with Crippen molar-refractivity contribution in [2.45, 2.75) is 29.8 Å². The van der Waals surface area contributed by atoms with Crippen LogP contribution in [0, 0.1) is 0 Å². The lowest BCUT2D eigenvalue weighted by Crippen LogP contribution is -2.41. The van der Waals surface area contributed by atoms with Gasteiger partial charge in [0.15, 0.2) is 0 Å². The van der Waals surface area contributed by atoms with Crippen molar-refractivity contribution in [2.24, 2.45) is 0 Å². The standard InChI is InChI=1S/C32H28ClN3O5S/c1-41-25-15-17-26(18-16-25)42(39,40)36-28-19-14-24(33)21-29(28)35(32(36)38)30(23-11-6-3-7-12-23)31(37)34-20-8-13-27(34)22-9-4-2-5-10-22/h2-7,9-12,14-19,21,27,30H,8,13,20H2,1H3. The molecule has 42 heavy (non-hydrogen) atoms. The molecule has 1 amide bonds. The molecule has 214 valence electrons. The highest BCUT2D eigenvalue weighted by Crippen LogP contribution is 2.36. The molecule has 0 bridgehead atoms. The van der Waals surface area contributed by atoms with Crippen molar-refractivity contribution in [3.05, 3.63) is 130 Å². The second-order valence-electron chi connectivity index (χ2n) is 10.1. The molecular formula is C32H28ClN3O5S. The number of rotatable bonds is 7. The number of hydrogen-bond donors (Lipinski definition) is 0. The minimum absolute atomic E-state index is 0.0920. The number of amides is 1. The number of nitrogens with zero attached hydrogens (tertiary/aromatic N) is 3. The lowest BCUT2D eigenvalue weighted by Gasteiger charge is -2.30. The number of imidazole rings is 1. The van der Waals surface area contributed by atoms with E-state index >= 15 is 0 Å². The van der Waals surface area contributed by atoms with Crippen LogP contribution in [0.25, 0.3) is 11.0 Å². The van der Waals surface area contributed by atoms with Gasteiger partial charge in [0.25, 0.3) is 15.9 Å². The normalized spacial score (nSPS) is 16.0. The Kier molecular flexibility index (Phi) is 7.38. The van der Waals surface area contributed by atoms with Crippen LogP contribution < -0.4 is 10.4 Å². The fourth-order valence-electron chi connectivity index (χ4n) is 5.75. The zero-order valence-corrected chi connectivity index (χ0v) is 24.3. The summed E-state index contributed by atoms with van der Waals surface area (Å²) in [5.41, 5.74) is 1.07. The fourth-order valence-corrected chi connectivity index (χ4v) is 7.31. The van der Waals surface area contributed by atoms with Crippen LogP contribution in [0.3, 0.4) is 0 Å². The Labute approximate surface area is 248 Å². The third kappa shape index (κ3) is 4.78. The Morgan fingerprint density at radius 2 is 1.57 bits per heavy atom. The van der Waals surface area contributed by atoms with E-state index in [2.05, 4.69) is 0 Å². The van der Waals surface area contributed by atoms with Gasteiger partial charge in [0.05, 0.1) is 29.1 Å². The number of hydrogen-bond acceptors (Lipinski definition) is 5. The molecule has 1 aliphatic heterocycles. The second kappa shape index (κ2) is 11.2. The molecule has 0 aliphatic carbocycles. The summed E-state index contributed by atoms with van der Waals surface area (Å²) in [5.74, 6) is 0.180. The lowest BCUT2D eigenvalue weighted by molar-refractivity contribution is -0.134. The molecular weight excluding hydrogens is 574 g/mol. The van der Waals surface area contributed by atoms with Gasteiger partial charge in [-0.05, 0) is 66.4 Å². The van der Waals surface area contributed by atoms with Gasteiger partial charge in [0, 0.05) is 11.6 Å². The predicted octanol–water partition coefficient (Wildman–Crippen LogP) is 5.66. The van der Waals surface area contributed by atoms with Crippen molar-refractivity contribution in [3.63, 3.8) is 0 Å². The van der Waals surface area contributed by atoms with Crippen molar-refractivity contribution in [3.8, 4) is 5.75 Å². The average molecular weight is 602 g/mol. The average Bonchev–Trinajstić information content (AvgIpc) is 3.61. The summed E-state index contributed by atoms with van der Waals surface area (Å²) in [6.07, 6.45) is 1.59. The Balaban J connectivity index is 1.57. The van der Waals surface area contributed by atoms with E-state index in [0.717, 1.165) is 22.4 Å². The third-order valence-electron chi connectivity index (χ3n) is 7.72. The summed E-state index contributed by atoms with van der Waals surface area (Å²) in [6, 6.07) is 27.8. The fraction of sp³-hybridized carbons (Fsp3) is 0.188. The zero-order chi connectivity index (χ0) is 29.4. The van der Waals surface area contributed by atoms with Gasteiger partial charge in [-0.3, -0.25) is 9.36 Å². The summed E-state index contributed by atoms with van der Waals surface area (Å²) in [6.45, 7) is 0.514. The molecule has 0 N–H and O–H groups in total. The maximum Gasteiger partial charge on any atom is 0.344 e. The highest BCUT2D eigenvalue weighted by atomic mass is 35.5. The van der Waals surface area contributed by atoms with Crippen molar-refractivity contribution in [1.82, 2.24) is 13.4 Å². The molecule has 4 aromatic carbocycles. The third-order valence-corrected chi connectivity index (χ3v) is 9.66. The number of aromatic nitrogens is 2. The Morgan fingerprint density at radius 1 is 0.905 bits per heavy atom. The smallest absolute Gasteiger partial charge is 0.344 e. The predicted molar refractivity (Wildman–Crippen MR) is 161 cm³/mol. The van der Waals surface area contributed by atoms with E-state index in [0.29, 0.717) is 22.9 Å². The SMILES string of the molecule is COc1ccc(S(=O)(=O)n2c(=O)n(C(C(=O)N3CCCC3c3ccccc3)c3ccccc3)c3cc(Cl)ccc32)cc1. The van der Waals surface area contributed by atoms with E-state index in [9.17, 15) is 18.0 Å². The monoisotopic (exact) mass is 601 g/mol. The topological polar surface area (TPSA) is 90.6 Å². The first kappa shape index (κ1) is 27.8. The number of likely N-dealkylation sites (tertiary alicyclic amines) is 1. The van der Waals surface area contributed by atoms with Crippen LogP contribution in [0.15, 0.2) is 113 Å². The number of ether oxygens (including phenoxy) is 1. The number of carbonyl (C=O) groups is 1. The molecule has 10 heteroatoms. The Bertz CT molecular complexity index is 1920. The number of halogens is 1. The van der Waals surface area contributed by atoms with Gasteiger partial charge in [-0.2, -0.15) is 3.97 Å². The number of carbonyl (C=O) groups excluding carboxylic acids is 1. The molecule has 1 aliphatic rings. The molecule has 5 aromatic rings. The van der Waals surface area contributed by atoms with E-state index < -0.39 is 21.8 Å². The largest absolute Gasteiger partial charge is 0.497 e. The van der Waals surface area contributed by atoms with E-state index in [1.807, 2.05) is 36.4 Å². The number of methoxy groups -OCH3 is 1. The number of benzene rings is 4. The van der Waals surface area contributed by atoms with E-state index in [1.165, 1.54) is 54.1 Å². The maximum atomic E-state index is 14.6. The van der Waals surface area contributed by atoms with Crippen molar-refractivity contribution >= 4 is 38.6 Å². The van der Waals surface area contributed by atoms with Crippen molar-refractivity contribution in [2.75, 3.05) is 13.7 Å². The molecule has 2 unspecified atom stereocenters. The van der Waals surface area contributed by atoms with E-state index in [-0.39, 0.29) is 27.9 Å². The molecule has 0 saturated carbocycles. The van der Waals surface area contributed by atoms with Crippen LogP contribution in [0.4, 0.5) is 0 Å². The molecule has 8 nitrogen and oxygen atoms in total. The van der Waals surface area contributed by atoms with Gasteiger partial charge in [0.2, 0.25) is 0 Å². The van der Waals surface area contributed by atoms with Crippen LogP contribution in [0.5, 0.6) is 5.75 Å². The molecule has 1 fully saturated rings. The first-order chi connectivity index (χ1) is 20.3. The van der Waals surface area contributed by atoms with Gasteiger partial charge in [-0.15, -0.1) is 0 Å². The van der Waals surface area contributed by atoms with E-state index in [4.69, 9.17) is 16.3 Å². The van der Waals surface area contributed by atoms with Crippen LogP contribution in [-0.4, -0.2) is 41.4 Å². The van der Waals surface area contributed by atoms with Crippen molar-refractivity contribution in [1.29, 1.82) is 0 Å².